The van der Waals surface area contributed by atoms with E-state index in [0.29, 0.717) is 18.7 Å². The zero-order chi connectivity index (χ0) is 12.8. The largest absolute Gasteiger partial charge is 0.476 e. The number of carbonyl (C=O) groups is 1. The number of hydrogen-bond donors (Lipinski definition) is 1. The van der Waals surface area contributed by atoms with E-state index < -0.39 is 5.97 Å². The third-order valence-electron chi connectivity index (χ3n) is 2.66. The average molecular weight is 241 g/mol. The average Bonchev–Trinajstić information content (AvgIpc) is 2.70. The minimum Gasteiger partial charge on any atom is -0.476 e. The standard InChI is InChI=1S/C11H19N3O3/c1-4-6-9-10(11(15)16)12-13-14(9)8(5-2)7-17-3/h8H,4-7H2,1-3H3,(H,15,16). The van der Waals surface area contributed by atoms with E-state index in [1.54, 1.807) is 11.8 Å². The summed E-state index contributed by atoms with van der Waals surface area (Å²) in [5.74, 6) is -1.02. The Kier molecular flexibility index (Phi) is 5.09. The summed E-state index contributed by atoms with van der Waals surface area (Å²) in [6.45, 7) is 4.53. The lowest BCUT2D eigenvalue weighted by atomic mass is 10.1. The van der Waals surface area contributed by atoms with Crippen LogP contribution in [0.1, 0.15) is 48.9 Å². The first kappa shape index (κ1) is 13.6. The van der Waals surface area contributed by atoms with Gasteiger partial charge in [-0.15, -0.1) is 5.10 Å². The second-order valence-corrected chi connectivity index (χ2v) is 3.90. The maximum absolute atomic E-state index is 11.0. The molecule has 1 aromatic heterocycles. The quantitative estimate of drug-likeness (QED) is 0.783. The zero-order valence-electron chi connectivity index (χ0n) is 10.5. The van der Waals surface area contributed by atoms with Crippen molar-refractivity contribution in [1.82, 2.24) is 15.0 Å². The lowest BCUT2D eigenvalue weighted by Gasteiger charge is -2.16. The Balaban J connectivity index is 3.09. The number of aromatic carboxylic acids is 1. The first-order valence-corrected chi connectivity index (χ1v) is 5.81. The number of methoxy groups -OCH3 is 1. The Bertz CT molecular complexity index is 376. The predicted octanol–water partition coefficient (Wildman–Crippen LogP) is 1.53. The molecule has 0 aliphatic heterocycles. The van der Waals surface area contributed by atoms with E-state index in [1.807, 2.05) is 13.8 Å². The summed E-state index contributed by atoms with van der Waals surface area (Å²) in [4.78, 5) is 11.0. The van der Waals surface area contributed by atoms with E-state index in [4.69, 9.17) is 9.84 Å². The molecular formula is C11H19N3O3. The van der Waals surface area contributed by atoms with E-state index in [0.717, 1.165) is 12.8 Å². The highest BCUT2D eigenvalue weighted by atomic mass is 16.5. The van der Waals surface area contributed by atoms with Crippen LogP contribution in [0.4, 0.5) is 0 Å². The molecule has 0 bridgehead atoms. The molecule has 0 fully saturated rings. The Morgan fingerprint density at radius 2 is 2.24 bits per heavy atom. The topological polar surface area (TPSA) is 77.2 Å². The maximum Gasteiger partial charge on any atom is 0.358 e. The van der Waals surface area contributed by atoms with E-state index >= 15 is 0 Å². The molecule has 0 aliphatic carbocycles. The molecule has 0 aromatic carbocycles. The minimum absolute atomic E-state index is 0.0437. The molecule has 96 valence electrons. The summed E-state index contributed by atoms with van der Waals surface area (Å²) in [5, 5.41) is 16.7. The van der Waals surface area contributed by atoms with E-state index in [9.17, 15) is 4.79 Å². The fourth-order valence-corrected chi connectivity index (χ4v) is 1.80. The van der Waals surface area contributed by atoms with Crippen LogP contribution in [0.25, 0.3) is 0 Å². The summed E-state index contributed by atoms with van der Waals surface area (Å²) in [5.41, 5.74) is 0.741. The highest BCUT2D eigenvalue weighted by Crippen LogP contribution is 2.17. The van der Waals surface area contributed by atoms with E-state index in [-0.39, 0.29) is 11.7 Å². The molecule has 0 amide bonds. The summed E-state index contributed by atoms with van der Waals surface area (Å²) < 4.78 is 6.81. The van der Waals surface area contributed by atoms with Crippen molar-refractivity contribution >= 4 is 5.97 Å². The van der Waals surface area contributed by atoms with Gasteiger partial charge in [0.1, 0.15) is 0 Å². The van der Waals surface area contributed by atoms with Gasteiger partial charge in [0.2, 0.25) is 0 Å². The second-order valence-electron chi connectivity index (χ2n) is 3.90. The third kappa shape index (κ3) is 3.03. The lowest BCUT2D eigenvalue weighted by Crippen LogP contribution is -2.18. The Labute approximate surface area is 101 Å². The Hall–Kier alpha value is -1.43. The number of hydrogen-bond acceptors (Lipinski definition) is 4. The predicted molar refractivity (Wildman–Crippen MR) is 62.2 cm³/mol. The Morgan fingerprint density at radius 1 is 1.53 bits per heavy atom. The summed E-state index contributed by atoms with van der Waals surface area (Å²) in [6.07, 6.45) is 2.35. The fraction of sp³-hybridized carbons (Fsp3) is 0.727. The van der Waals surface area contributed by atoms with Crippen molar-refractivity contribution in [2.75, 3.05) is 13.7 Å². The van der Waals surface area contributed by atoms with Crippen molar-refractivity contribution in [3.8, 4) is 0 Å². The van der Waals surface area contributed by atoms with Gasteiger partial charge in [0.25, 0.3) is 0 Å². The molecule has 1 heterocycles. The molecule has 1 unspecified atom stereocenters. The van der Waals surface area contributed by atoms with Crippen LogP contribution in [0, 0.1) is 0 Å². The molecule has 17 heavy (non-hydrogen) atoms. The smallest absolute Gasteiger partial charge is 0.358 e. The van der Waals surface area contributed by atoms with Gasteiger partial charge in [-0.3, -0.25) is 0 Å². The number of carboxylic acids is 1. The van der Waals surface area contributed by atoms with Crippen LogP contribution in [0.3, 0.4) is 0 Å². The van der Waals surface area contributed by atoms with Crippen molar-refractivity contribution in [3.63, 3.8) is 0 Å². The first-order valence-electron chi connectivity index (χ1n) is 5.81. The van der Waals surface area contributed by atoms with Gasteiger partial charge in [-0.05, 0) is 12.8 Å². The van der Waals surface area contributed by atoms with Crippen LogP contribution in [0.5, 0.6) is 0 Å². The lowest BCUT2D eigenvalue weighted by molar-refractivity contribution is 0.0689. The van der Waals surface area contributed by atoms with Crippen LogP contribution in [-0.4, -0.2) is 39.8 Å². The van der Waals surface area contributed by atoms with Gasteiger partial charge < -0.3 is 9.84 Å². The number of nitrogens with zero attached hydrogens (tertiary/aromatic N) is 3. The van der Waals surface area contributed by atoms with Crippen molar-refractivity contribution in [3.05, 3.63) is 11.4 Å². The molecular weight excluding hydrogens is 222 g/mol. The van der Waals surface area contributed by atoms with Gasteiger partial charge in [-0.2, -0.15) is 0 Å². The number of rotatable bonds is 7. The van der Waals surface area contributed by atoms with Gasteiger partial charge in [0.05, 0.1) is 18.3 Å². The molecule has 6 nitrogen and oxygen atoms in total. The number of ether oxygens (including phenoxy) is 1. The van der Waals surface area contributed by atoms with Crippen molar-refractivity contribution in [2.45, 2.75) is 39.2 Å². The molecule has 0 spiro atoms. The van der Waals surface area contributed by atoms with Gasteiger partial charge in [0.15, 0.2) is 5.69 Å². The van der Waals surface area contributed by atoms with Crippen LogP contribution in [0.15, 0.2) is 0 Å². The summed E-state index contributed by atoms with van der Waals surface area (Å²) >= 11 is 0. The molecule has 1 N–H and O–H groups in total. The summed E-state index contributed by atoms with van der Waals surface area (Å²) in [7, 11) is 1.62. The monoisotopic (exact) mass is 241 g/mol. The highest BCUT2D eigenvalue weighted by Gasteiger charge is 2.22. The van der Waals surface area contributed by atoms with Crippen molar-refractivity contribution in [1.29, 1.82) is 0 Å². The van der Waals surface area contributed by atoms with Crippen LogP contribution < -0.4 is 0 Å². The zero-order valence-corrected chi connectivity index (χ0v) is 10.5. The van der Waals surface area contributed by atoms with Gasteiger partial charge in [0, 0.05) is 7.11 Å². The Morgan fingerprint density at radius 3 is 2.71 bits per heavy atom. The number of carboxylic acid groups (broad SMARTS) is 1. The molecule has 1 aromatic rings. The van der Waals surface area contributed by atoms with Crippen LogP contribution >= 0.6 is 0 Å². The van der Waals surface area contributed by atoms with Gasteiger partial charge in [-0.1, -0.05) is 25.5 Å². The first-order chi connectivity index (χ1) is 8.15. The molecule has 0 aliphatic rings. The number of aromatic nitrogens is 3. The van der Waals surface area contributed by atoms with Crippen LogP contribution in [0.2, 0.25) is 0 Å². The fourth-order valence-electron chi connectivity index (χ4n) is 1.80. The molecule has 0 saturated heterocycles. The van der Waals surface area contributed by atoms with Crippen molar-refractivity contribution in [2.24, 2.45) is 0 Å². The molecule has 1 rings (SSSR count). The van der Waals surface area contributed by atoms with Crippen LogP contribution in [-0.2, 0) is 11.2 Å². The second kappa shape index (κ2) is 6.34. The highest BCUT2D eigenvalue weighted by molar-refractivity contribution is 5.86. The molecule has 1 atom stereocenters. The van der Waals surface area contributed by atoms with Gasteiger partial charge in [-0.25, -0.2) is 9.48 Å². The SMILES string of the molecule is CCCc1c(C(=O)O)nnn1C(CC)COC. The van der Waals surface area contributed by atoms with Crippen molar-refractivity contribution < 1.29 is 14.6 Å². The summed E-state index contributed by atoms with van der Waals surface area (Å²) in [6, 6.07) is 0.0437. The maximum atomic E-state index is 11.0. The van der Waals surface area contributed by atoms with Gasteiger partial charge >= 0.3 is 5.97 Å². The third-order valence-corrected chi connectivity index (χ3v) is 2.66. The van der Waals surface area contributed by atoms with E-state index in [1.165, 1.54) is 0 Å². The minimum atomic E-state index is -1.02. The molecule has 0 saturated carbocycles. The molecule has 0 radical (unpaired) electrons. The van der Waals surface area contributed by atoms with E-state index in [2.05, 4.69) is 10.3 Å². The normalized spacial score (nSPS) is 12.6. The molecule has 6 heteroatoms.